The van der Waals surface area contributed by atoms with E-state index in [4.69, 9.17) is 0 Å². The average Bonchev–Trinajstić information content (AvgIpc) is 3.28. The van der Waals surface area contributed by atoms with E-state index in [1.54, 1.807) is 18.2 Å². The summed E-state index contributed by atoms with van der Waals surface area (Å²) in [5.74, 6) is 0.107. The van der Waals surface area contributed by atoms with Crippen LogP contribution in [0, 0.1) is 12.7 Å². The number of benzene rings is 2. The van der Waals surface area contributed by atoms with Crippen molar-refractivity contribution in [3.63, 3.8) is 0 Å². The zero-order chi connectivity index (χ0) is 24.5. The summed E-state index contributed by atoms with van der Waals surface area (Å²) in [4.78, 5) is 35.1. The molecule has 8 nitrogen and oxygen atoms in total. The van der Waals surface area contributed by atoms with Gasteiger partial charge in [-0.2, -0.15) is 0 Å². The van der Waals surface area contributed by atoms with Crippen LogP contribution < -0.4 is 5.56 Å². The zero-order valence-electron chi connectivity index (χ0n) is 19.7. The number of H-pyrrole nitrogens is 1. The molecule has 1 fully saturated rings. The Bertz CT molecular complexity index is 1420. The molecular formula is C26H27FN6O2. The average molecular weight is 475 g/mol. The molecule has 4 aromatic rings. The second kappa shape index (κ2) is 9.40. The molecule has 1 aliphatic rings. The van der Waals surface area contributed by atoms with Gasteiger partial charge in [0.15, 0.2) is 11.2 Å². The number of aromatic amines is 1. The molecule has 9 heteroatoms. The summed E-state index contributed by atoms with van der Waals surface area (Å²) in [6, 6.07) is 14.5. The highest BCUT2D eigenvalue weighted by Crippen LogP contribution is 2.28. The molecule has 0 spiro atoms. The molecule has 2 aromatic heterocycles. The number of rotatable bonds is 5. The summed E-state index contributed by atoms with van der Waals surface area (Å²) in [6.45, 7) is 5.28. The van der Waals surface area contributed by atoms with Crippen LogP contribution in [0.15, 0.2) is 53.3 Å². The van der Waals surface area contributed by atoms with E-state index < -0.39 is 0 Å². The van der Waals surface area contributed by atoms with Gasteiger partial charge < -0.3 is 9.88 Å². The first-order chi connectivity index (χ1) is 16.9. The van der Waals surface area contributed by atoms with Gasteiger partial charge in [0.05, 0.1) is 12.5 Å². The van der Waals surface area contributed by atoms with Crippen LogP contribution in [0.25, 0.3) is 11.2 Å². The third kappa shape index (κ3) is 4.58. The van der Waals surface area contributed by atoms with Crippen molar-refractivity contribution in [1.82, 2.24) is 29.9 Å². The molecule has 3 heterocycles. The Morgan fingerprint density at radius 3 is 2.57 bits per heavy atom. The summed E-state index contributed by atoms with van der Waals surface area (Å²) >= 11 is 0. The number of nitrogens with one attached hydrogen (secondary N) is 1. The maximum Gasteiger partial charge on any atom is 0.281 e. The lowest BCUT2D eigenvalue weighted by Crippen LogP contribution is -2.40. The number of nitrogens with zero attached hydrogens (tertiary/aromatic N) is 5. The minimum absolute atomic E-state index is 0.00245. The van der Waals surface area contributed by atoms with Crippen molar-refractivity contribution in [2.75, 3.05) is 13.1 Å². The van der Waals surface area contributed by atoms with E-state index in [9.17, 15) is 14.0 Å². The summed E-state index contributed by atoms with van der Waals surface area (Å²) in [5, 5.41) is 7.98. The predicted octanol–water partition coefficient (Wildman–Crippen LogP) is 3.52. The Balaban J connectivity index is 1.31. The Kier molecular flexibility index (Phi) is 6.15. The molecule has 0 saturated carbocycles. The number of halogens is 1. The number of hydrogen-bond acceptors (Lipinski definition) is 5. The van der Waals surface area contributed by atoms with E-state index in [2.05, 4.69) is 20.3 Å². The molecule has 1 unspecified atom stereocenters. The van der Waals surface area contributed by atoms with Gasteiger partial charge in [-0.25, -0.2) is 14.1 Å². The van der Waals surface area contributed by atoms with Crippen molar-refractivity contribution in [3.8, 4) is 0 Å². The highest BCUT2D eigenvalue weighted by atomic mass is 19.1. The molecule has 1 saturated heterocycles. The number of carbonyl (C=O) groups is 1. The second-order valence-electron chi connectivity index (χ2n) is 9.19. The first-order valence-electron chi connectivity index (χ1n) is 11.8. The molecular weight excluding hydrogens is 447 g/mol. The molecule has 5 rings (SSSR count). The van der Waals surface area contributed by atoms with Crippen molar-refractivity contribution >= 4 is 17.1 Å². The number of aromatic nitrogens is 5. The fourth-order valence-corrected chi connectivity index (χ4v) is 4.62. The Labute approximate surface area is 201 Å². The lowest BCUT2D eigenvalue weighted by atomic mass is 9.93. The molecule has 1 atom stereocenters. The number of piperidine rings is 1. The minimum atomic E-state index is -0.365. The number of fused-ring (bicyclic) bond motifs is 1. The van der Waals surface area contributed by atoms with Crippen LogP contribution in [0.1, 0.15) is 54.1 Å². The first kappa shape index (κ1) is 22.9. The van der Waals surface area contributed by atoms with Gasteiger partial charge in [-0.15, -0.1) is 5.10 Å². The fraction of sp³-hybridized carbons (Fsp3) is 0.346. The van der Waals surface area contributed by atoms with Gasteiger partial charge >= 0.3 is 0 Å². The summed E-state index contributed by atoms with van der Waals surface area (Å²) in [6.07, 6.45) is 1.38. The summed E-state index contributed by atoms with van der Waals surface area (Å²) in [5.41, 5.74) is 2.71. The van der Waals surface area contributed by atoms with E-state index in [1.807, 2.05) is 43.0 Å². The summed E-state index contributed by atoms with van der Waals surface area (Å²) < 4.78 is 15.6. The second-order valence-corrected chi connectivity index (χ2v) is 9.19. The first-order valence-corrected chi connectivity index (χ1v) is 11.8. The number of hydrogen-bond donors (Lipinski definition) is 1. The van der Waals surface area contributed by atoms with Gasteiger partial charge in [0.25, 0.3) is 5.56 Å². The lowest BCUT2D eigenvalue weighted by Gasteiger charge is -2.33. The minimum Gasteiger partial charge on any atom is -0.342 e. The van der Waals surface area contributed by atoms with Crippen LogP contribution >= 0.6 is 0 Å². The van der Waals surface area contributed by atoms with Gasteiger partial charge in [0.2, 0.25) is 5.91 Å². The van der Waals surface area contributed by atoms with Crippen LogP contribution in [0.5, 0.6) is 0 Å². The van der Waals surface area contributed by atoms with Gasteiger partial charge in [-0.05, 0) is 38.3 Å². The predicted molar refractivity (Wildman–Crippen MR) is 130 cm³/mol. The van der Waals surface area contributed by atoms with Gasteiger partial charge in [-0.3, -0.25) is 9.59 Å². The molecule has 1 amide bonds. The van der Waals surface area contributed by atoms with Crippen LogP contribution in [0.2, 0.25) is 0 Å². The third-order valence-electron chi connectivity index (χ3n) is 6.81. The normalized spacial score (nSPS) is 15.5. The van der Waals surface area contributed by atoms with Crippen molar-refractivity contribution < 1.29 is 9.18 Å². The Hall–Kier alpha value is -3.88. The summed E-state index contributed by atoms with van der Waals surface area (Å²) in [7, 11) is 0. The number of amides is 1. The van der Waals surface area contributed by atoms with E-state index in [1.165, 1.54) is 10.7 Å². The van der Waals surface area contributed by atoms with Gasteiger partial charge in [-0.1, -0.05) is 53.2 Å². The molecule has 0 aliphatic carbocycles. The van der Waals surface area contributed by atoms with E-state index in [0.29, 0.717) is 43.0 Å². The Morgan fingerprint density at radius 1 is 1.14 bits per heavy atom. The molecule has 0 bridgehead atoms. The van der Waals surface area contributed by atoms with E-state index in [-0.39, 0.29) is 41.2 Å². The Morgan fingerprint density at radius 2 is 1.86 bits per heavy atom. The molecule has 1 N–H and O–H groups in total. The lowest BCUT2D eigenvalue weighted by molar-refractivity contribution is -0.133. The van der Waals surface area contributed by atoms with Crippen molar-refractivity contribution in [2.45, 2.75) is 45.1 Å². The highest BCUT2D eigenvalue weighted by Gasteiger charge is 2.29. The van der Waals surface area contributed by atoms with Crippen molar-refractivity contribution in [2.24, 2.45) is 0 Å². The number of likely N-dealkylation sites (tertiary alicyclic amines) is 1. The molecule has 1 aliphatic heterocycles. The largest absolute Gasteiger partial charge is 0.342 e. The molecule has 2 aromatic carbocycles. The number of aryl methyl sites for hydroxylation is 1. The zero-order valence-corrected chi connectivity index (χ0v) is 19.7. The molecule has 0 radical (unpaired) electrons. The fourth-order valence-electron chi connectivity index (χ4n) is 4.62. The van der Waals surface area contributed by atoms with Crippen molar-refractivity contribution in [3.05, 3.63) is 87.2 Å². The van der Waals surface area contributed by atoms with Crippen LogP contribution in [-0.2, 0) is 11.3 Å². The quantitative estimate of drug-likeness (QED) is 0.477. The number of carbonyl (C=O) groups excluding carboxylic acids is 1. The maximum atomic E-state index is 14.1. The molecule has 35 heavy (non-hydrogen) atoms. The van der Waals surface area contributed by atoms with Crippen LogP contribution in [-0.4, -0.2) is 48.9 Å². The maximum absolute atomic E-state index is 14.1. The topological polar surface area (TPSA) is 96.8 Å². The van der Waals surface area contributed by atoms with E-state index >= 15 is 0 Å². The van der Waals surface area contributed by atoms with Crippen LogP contribution in [0.3, 0.4) is 0 Å². The smallest absolute Gasteiger partial charge is 0.281 e. The highest BCUT2D eigenvalue weighted by molar-refractivity contribution is 5.83. The monoisotopic (exact) mass is 474 g/mol. The standard InChI is InChI=1S/C26H27FN6O2/c1-16-7-9-18(10-8-16)17(2)26(35)32-13-11-19(12-14-32)23-28-24-22(25(34)29-23)30-31-33(24)15-20-5-3-4-6-21(20)27/h3-10,17,19H,11-15H2,1-2H3,(H,28,29,34). The third-order valence-corrected chi connectivity index (χ3v) is 6.81. The molecule has 180 valence electrons. The SMILES string of the molecule is Cc1ccc(C(C)C(=O)N2CCC(c3nc4c(nnn4Cc4ccccc4F)c(=O)[nH]3)CC2)cc1. The van der Waals surface area contributed by atoms with Gasteiger partial charge in [0, 0.05) is 24.6 Å². The van der Waals surface area contributed by atoms with Gasteiger partial charge in [0.1, 0.15) is 11.6 Å². The van der Waals surface area contributed by atoms with Crippen molar-refractivity contribution in [1.29, 1.82) is 0 Å². The van der Waals surface area contributed by atoms with E-state index in [0.717, 1.165) is 11.1 Å². The van der Waals surface area contributed by atoms with Crippen LogP contribution in [0.4, 0.5) is 4.39 Å².